The first kappa shape index (κ1) is 9.90. The Hall–Kier alpha value is -0.180. The zero-order chi connectivity index (χ0) is 9.14. The summed E-state index contributed by atoms with van der Waals surface area (Å²) < 4.78 is 0. The van der Waals surface area contributed by atoms with Gasteiger partial charge in [-0.05, 0) is 20.8 Å². The Morgan fingerprint density at radius 1 is 1.33 bits per heavy atom. The summed E-state index contributed by atoms with van der Waals surface area (Å²) in [6.07, 6.45) is 0. The normalized spacial score (nSPS) is 28.8. The molecule has 3 heteroatoms. The Kier molecular flexibility index (Phi) is 3.44. The van der Waals surface area contributed by atoms with Gasteiger partial charge in [-0.2, -0.15) is 0 Å². The Balaban J connectivity index is 2.58. The predicted octanol–water partition coefficient (Wildman–Crippen LogP) is 2.21. The standard InChI is InChI=1S/C9H18N2S/c1-5-11(6-2)9-10-7(3)8(4)12-9/h7-8H,5-6H2,1-4H3. The van der Waals surface area contributed by atoms with Crippen molar-refractivity contribution in [3.8, 4) is 0 Å². The van der Waals surface area contributed by atoms with Gasteiger partial charge in [0.25, 0.3) is 0 Å². The molecule has 0 amide bonds. The largest absolute Gasteiger partial charge is 0.352 e. The molecule has 1 aliphatic rings. The topological polar surface area (TPSA) is 15.6 Å². The van der Waals surface area contributed by atoms with Crippen molar-refractivity contribution < 1.29 is 0 Å². The van der Waals surface area contributed by atoms with Crippen molar-refractivity contribution in [2.75, 3.05) is 13.1 Å². The van der Waals surface area contributed by atoms with Crippen LogP contribution in [0.2, 0.25) is 0 Å². The number of aliphatic imine (C=N–C) groups is 1. The second kappa shape index (κ2) is 4.17. The molecule has 0 aromatic carbocycles. The molecule has 0 saturated carbocycles. The van der Waals surface area contributed by atoms with E-state index in [1.54, 1.807) is 0 Å². The molecule has 0 bridgehead atoms. The minimum absolute atomic E-state index is 0.491. The minimum Gasteiger partial charge on any atom is -0.352 e. The molecule has 0 N–H and O–H groups in total. The smallest absolute Gasteiger partial charge is 0.159 e. The van der Waals surface area contributed by atoms with E-state index < -0.39 is 0 Å². The van der Waals surface area contributed by atoms with Gasteiger partial charge in [-0.15, -0.1) is 0 Å². The van der Waals surface area contributed by atoms with Crippen LogP contribution >= 0.6 is 11.8 Å². The molecule has 0 aliphatic carbocycles. The maximum atomic E-state index is 4.62. The van der Waals surface area contributed by atoms with Crippen molar-refractivity contribution >= 4 is 16.9 Å². The van der Waals surface area contributed by atoms with Crippen molar-refractivity contribution in [1.82, 2.24) is 4.90 Å². The van der Waals surface area contributed by atoms with Crippen molar-refractivity contribution in [3.63, 3.8) is 0 Å². The molecule has 12 heavy (non-hydrogen) atoms. The molecule has 1 rings (SSSR count). The summed E-state index contributed by atoms with van der Waals surface area (Å²) in [7, 11) is 0. The monoisotopic (exact) mass is 186 g/mol. The Morgan fingerprint density at radius 3 is 2.25 bits per heavy atom. The van der Waals surface area contributed by atoms with E-state index in [4.69, 9.17) is 0 Å². The summed E-state index contributed by atoms with van der Waals surface area (Å²) in [6.45, 7) is 10.9. The van der Waals surface area contributed by atoms with E-state index in [2.05, 4.69) is 37.6 Å². The molecule has 0 fully saturated rings. The molecule has 0 aromatic heterocycles. The fourth-order valence-electron chi connectivity index (χ4n) is 1.22. The summed E-state index contributed by atoms with van der Waals surface area (Å²) in [5.41, 5.74) is 0. The maximum Gasteiger partial charge on any atom is 0.159 e. The number of nitrogens with zero attached hydrogens (tertiary/aromatic N) is 2. The molecule has 2 atom stereocenters. The molecule has 2 nitrogen and oxygen atoms in total. The summed E-state index contributed by atoms with van der Waals surface area (Å²) in [4.78, 5) is 6.94. The van der Waals surface area contributed by atoms with Crippen LogP contribution in [-0.4, -0.2) is 34.4 Å². The number of hydrogen-bond donors (Lipinski definition) is 0. The first-order valence-corrected chi connectivity index (χ1v) is 5.56. The van der Waals surface area contributed by atoms with E-state index in [9.17, 15) is 0 Å². The zero-order valence-electron chi connectivity index (χ0n) is 8.37. The van der Waals surface area contributed by atoms with Crippen molar-refractivity contribution in [1.29, 1.82) is 0 Å². The van der Waals surface area contributed by atoms with Gasteiger partial charge in [0.05, 0.1) is 6.04 Å². The van der Waals surface area contributed by atoms with Gasteiger partial charge in [0.2, 0.25) is 0 Å². The van der Waals surface area contributed by atoms with Crippen LogP contribution in [0.5, 0.6) is 0 Å². The van der Waals surface area contributed by atoms with Crippen LogP contribution < -0.4 is 0 Å². The number of thioether (sulfide) groups is 1. The third-order valence-electron chi connectivity index (χ3n) is 2.32. The van der Waals surface area contributed by atoms with Gasteiger partial charge in [-0.1, -0.05) is 18.7 Å². The van der Waals surface area contributed by atoms with E-state index >= 15 is 0 Å². The highest BCUT2D eigenvalue weighted by Crippen LogP contribution is 2.27. The highest BCUT2D eigenvalue weighted by atomic mass is 32.2. The van der Waals surface area contributed by atoms with Gasteiger partial charge in [-0.25, -0.2) is 0 Å². The van der Waals surface area contributed by atoms with Crippen molar-refractivity contribution in [3.05, 3.63) is 0 Å². The van der Waals surface area contributed by atoms with E-state index in [-0.39, 0.29) is 0 Å². The van der Waals surface area contributed by atoms with E-state index in [0.29, 0.717) is 11.3 Å². The minimum atomic E-state index is 0.491. The van der Waals surface area contributed by atoms with E-state index in [0.717, 1.165) is 13.1 Å². The van der Waals surface area contributed by atoms with Gasteiger partial charge in [0.1, 0.15) is 0 Å². The lowest BCUT2D eigenvalue weighted by atomic mass is 10.3. The van der Waals surface area contributed by atoms with Crippen LogP contribution in [0.1, 0.15) is 27.7 Å². The zero-order valence-corrected chi connectivity index (χ0v) is 9.19. The summed E-state index contributed by atoms with van der Waals surface area (Å²) in [6, 6.07) is 0.491. The first-order chi connectivity index (χ1) is 5.69. The molecule has 0 spiro atoms. The Morgan fingerprint density at radius 2 is 1.92 bits per heavy atom. The highest BCUT2D eigenvalue weighted by molar-refractivity contribution is 8.14. The molecule has 0 saturated heterocycles. The lowest BCUT2D eigenvalue weighted by Crippen LogP contribution is -2.27. The van der Waals surface area contributed by atoms with Gasteiger partial charge in [-0.3, -0.25) is 4.99 Å². The lowest BCUT2D eigenvalue weighted by Gasteiger charge is -2.19. The quantitative estimate of drug-likeness (QED) is 0.657. The SMILES string of the molecule is CCN(CC)C1=NC(C)C(C)S1. The molecular weight excluding hydrogens is 168 g/mol. The number of amidine groups is 1. The fourth-order valence-corrected chi connectivity index (χ4v) is 2.45. The van der Waals surface area contributed by atoms with Crippen molar-refractivity contribution in [2.24, 2.45) is 4.99 Å². The average Bonchev–Trinajstić information content (AvgIpc) is 2.35. The average molecular weight is 186 g/mol. The van der Waals surface area contributed by atoms with Crippen LogP contribution in [0, 0.1) is 0 Å². The Labute approximate surface area is 79.4 Å². The highest BCUT2D eigenvalue weighted by Gasteiger charge is 2.24. The molecular formula is C9H18N2S. The number of rotatable bonds is 2. The van der Waals surface area contributed by atoms with Gasteiger partial charge >= 0.3 is 0 Å². The molecule has 0 radical (unpaired) electrons. The van der Waals surface area contributed by atoms with Gasteiger partial charge < -0.3 is 4.90 Å². The van der Waals surface area contributed by atoms with Crippen LogP contribution in [0.25, 0.3) is 0 Å². The maximum absolute atomic E-state index is 4.62. The van der Waals surface area contributed by atoms with Crippen molar-refractivity contribution in [2.45, 2.75) is 39.0 Å². The van der Waals surface area contributed by atoms with Gasteiger partial charge in [0, 0.05) is 18.3 Å². The van der Waals surface area contributed by atoms with Crippen LogP contribution in [0.3, 0.4) is 0 Å². The number of hydrogen-bond acceptors (Lipinski definition) is 3. The van der Waals surface area contributed by atoms with E-state index in [1.807, 2.05) is 11.8 Å². The second-order valence-corrected chi connectivity index (χ2v) is 4.49. The molecule has 0 aromatic rings. The molecule has 2 unspecified atom stereocenters. The molecule has 1 aliphatic heterocycles. The third kappa shape index (κ3) is 1.94. The summed E-state index contributed by atoms with van der Waals surface area (Å²) in [5.74, 6) is 0. The molecule has 70 valence electrons. The summed E-state index contributed by atoms with van der Waals surface area (Å²) in [5, 5.41) is 1.89. The predicted molar refractivity (Wildman–Crippen MR) is 56.9 cm³/mol. The van der Waals surface area contributed by atoms with Crippen LogP contribution in [0.15, 0.2) is 4.99 Å². The fraction of sp³-hybridized carbons (Fsp3) is 0.889. The summed E-state index contributed by atoms with van der Waals surface area (Å²) >= 11 is 1.91. The van der Waals surface area contributed by atoms with Gasteiger partial charge in [0.15, 0.2) is 5.17 Å². The lowest BCUT2D eigenvalue weighted by molar-refractivity contribution is 0.473. The van der Waals surface area contributed by atoms with Crippen LogP contribution in [0.4, 0.5) is 0 Å². The van der Waals surface area contributed by atoms with Crippen LogP contribution in [-0.2, 0) is 0 Å². The molecule has 1 heterocycles. The van der Waals surface area contributed by atoms with E-state index in [1.165, 1.54) is 5.17 Å². The Bertz CT molecular complexity index is 175. The first-order valence-electron chi connectivity index (χ1n) is 4.68. The second-order valence-electron chi connectivity index (χ2n) is 3.15. The third-order valence-corrected chi connectivity index (χ3v) is 3.66.